The normalized spacial score (nSPS) is 10.7. The molecule has 2 aromatic rings. The molecule has 19 heavy (non-hydrogen) atoms. The van der Waals surface area contributed by atoms with Crippen LogP contribution in [0.4, 0.5) is 4.39 Å². The molecule has 0 amide bonds. The molecule has 0 fully saturated rings. The van der Waals surface area contributed by atoms with Gasteiger partial charge < -0.3 is 5.11 Å². The van der Waals surface area contributed by atoms with E-state index < -0.39 is 11.8 Å². The van der Waals surface area contributed by atoms with Crippen LogP contribution in [0.1, 0.15) is 0 Å². The molecule has 0 radical (unpaired) electrons. The summed E-state index contributed by atoms with van der Waals surface area (Å²) in [5, 5.41) is 16.6. The van der Waals surface area contributed by atoms with E-state index >= 15 is 0 Å². The van der Waals surface area contributed by atoms with E-state index in [1.807, 2.05) is 0 Å². The van der Waals surface area contributed by atoms with Crippen LogP contribution >= 0.6 is 35.0 Å². The Kier molecular flexibility index (Phi) is 4.28. The Morgan fingerprint density at radius 2 is 2.05 bits per heavy atom. The number of thioether (sulfide) groups is 1. The highest BCUT2D eigenvalue weighted by molar-refractivity contribution is 7.99. The van der Waals surface area contributed by atoms with Crippen LogP contribution in [0.25, 0.3) is 5.69 Å². The van der Waals surface area contributed by atoms with Gasteiger partial charge in [-0.15, -0.1) is 10.2 Å². The zero-order valence-electron chi connectivity index (χ0n) is 9.18. The maximum absolute atomic E-state index is 13.1. The van der Waals surface area contributed by atoms with Gasteiger partial charge in [-0.3, -0.25) is 9.36 Å². The van der Waals surface area contributed by atoms with Crippen molar-refractivity contribution in [1.29, 1.82) is 0 Å². The van der Waals surface area contributed by atoms with Crippen molar-refractivity contribution in [2.75, 3.05) is 5.75 Å². The number of hydrogen-bond acceptors (Lipinski definition) is 4. The summed E-state index contributed by atoms with van der Waals surface area (Å²) in [6, 6.07) is 2.21. The lowest BCUT2D eigenvalue weighted by molar-refractivity contribution is -0.133. The molecule has 0 aliphatic heterocycles. The molecule has 0 unspecified atom stereocenters. The van der Waals surface area contributed by atoms with Crippen LogP contribution in [0.15, 0.2) is 23.6 Å². The minimum absolute atomic E-state index is 0.0852. The number of carbonyl (C=O) groups is 1. The van der Waals surface area contributed by atoms with Gasteiger partial charge in [-0.1, -0.05) is 35.0 Å². The number of aromatic nitrogens is 3. The van der Waals surface area contributed by atoms with Crippen LogP contribution < -0.4 is 0 Å². The lowest BCUT2D eigenvalue weighted by Gasteiger charge is -2.09. The molecule has 0 aliphatic rings. The van der Waals surface area contributed by atoms with Crippen molar-refractivity contribution >= 4 is 40.9 Å². The van der Waals surface area contributed by atoms with Crippen molar-refractivity contribution < 1.29 is 14.3 Å². The van der Waals surface area contributed by atoms with Crippen molar-refractivity contribution in [2.45, 2.75) is 5.16 Å². The third kappa shape index (κ3) is 3.17. The van der Waals surface area contributed by atoms with Crippen LogP contribution in [0, 0.1) is 5.82 Å². The second kappa shape index (κ2) is 5.77. The molecule has 0 saturated heterocycles. The van der Waals surface area contributed by atoms with E-state index in [0.717, 1.165) is 23.9 Å². The molecule has 1 aromatic heterocycles. The quantitative estimate of drug-likeness (QED) is 0.877. The first kappa shape index (κ1) is 14.1. The first-order valence-electron chi connectivity index (χ1n) is 4.88. The first-order chi connectivity index (χ1) is 8.99. The smallest absolute Gasteiger partial charge is 0.313 e. The van der Waals surface area contributed by atoms with E-state index in [4.69, 9.17) is 28.3 Å². The SMILES string of the molecule is O=C(O)CSc1nncn1-c1c(Cl)cc(F)cc1Cl. The van der Waals surface area contributed by atoms with Gasteiger partial charge >= 0.3 is 5.97 Å². The number of rotatable bonds is 4. The highest BCUT2D eigenvalue weighted by atomic mass is 35.5. The summed E-state index contributed by atoms with van der Waals surface area (Å²) in [7, 11) is 0. The molecule has 0 bridgehead atoms. The summed E-state index contributed by atoms with van der Waals surface area (Å²) < 4.78 is 14.5. The number of benzene rings is 1. The predicted octanol–water partition coefficient (Wildman–Crippen LogP) is 2.89. The molecule has 100 valence electrons. The lowest BCUT2D eigenvalue weighted by atomic mass is 10.3. The molecule has 1 aromatic carbocycles. The molecule has 2 rings (SSSR count). The molecule has 0 spiro atoms. The Labute approximate surface area is 121 Å². The van der Waals surface area contributed by atoms with Gasteiger partial charge in [0.15, 0.2) is 5.16 Å². The number of carboxylic acids is 1. The number of nitrogens with zero attached hydrogens (tertiary/aromatic N) is 3. The van der Waals surface area contributed by atoms with Gasteiger partial charge in [-0.25, -0.2) is 4.39 Å². The fourth-order valence-electron chi connectivity index (χ4n) is 1.37. The Morgan fingerprint density at radius 3 is 2.63 bits per heavy atom. The first-order valence-corrected chi connectivity index (χ1v) is 6.62. The second-order valence-corrected chi connectivity index (χ2v) is 5.14. The Morgan fingerprint density at radius 1 is 1.42 bits per heavy atom. The number of hydrogen-bond donors (Lipinski definition) is 1. The fraction of sp³-hybridized carbons (Fsp3) is 0.100. The maximum atomic E-state index is 13.1. The molecule has 0 atom stereocenters. The van der Waals surface area contributed by atoms with Crippen LogP contribution in [-0.2, 0) is 4.79 Å². The van der Waals surface area contributed by atoms with Crippen molar-refractivity contribution in [1.82, 2.24) is 14.8 Å². The molecular formula is C10H6Cl2FN3O2S. The van der Waals surface area contributed by atoms with Gasteiger partial charge in [-0.05, 0) is 12.1 Å². The van der Waals surface area contributed by atoms with E-state index in [1.54, 1.807) is 0 Å². The average Bonchev–Trinajstić information content (AvgIpc) is 2.73. The molecule has 0 aliphatic carbocycles. The predicted molar refractivity (Wildman–Crippen MR) is 69.7 cm³/mol. The minimum atomic E-state index is -0.990. The zero-order valence-corrected chi connectivity index (χ0v) is 11.5. The van der Waals surface area contributed by atoms with Gasteiger partial charge in [-0.2, -0.15) is 0 Å². The van der Waals surface area contributed by atoms with E-state index in [9.17, 15) is 9.18 Å². The molecular weight excluding hydrogens is 316 g/mol. The standard InChI is InChI=1S/C10H6Cl2FN3O2S/c11-6-1-5(13)2-7(12)9(6)16-4-14-15-10(16)19-3-8(17)18/h1-2,4H,3H2,(H,17,18). The number of carboxylic acid groups (broad SMARTS) is 1. The summed E-state index contributed by atoms with van der Waals surface area (Å²) in [6.07, 6.45) is 1.33. The molecule has 1 heterocycles. The van der Waals surface area contributed by atoms with Crippen molar-refractivity contribution in [3.8, 4) is 5.69 Å². The summed E-state index contributed by atoms with van der Waals surface area (Å²) >= 11 is 12.8. The summed E-state index contributed by atoms with van der Waals surface area (Å²) in [5.41, 5.74) is 0.308. The van der Waals surface area contributed by atoms with Crippen LogP contribution in [0.5, 0.6) is 0 Å². The van der Waals surface area contributed by atoms with E-state index in [-0.39, 0.29) is 15.8 Å². The van der Waals surface area contributed by atoms with Crippen molar-refractivity contribution in [2.24, 2.45) is 0 Å². The molecule has 1 N–H and O–H groups in total. The Bertz CT molecular complexity index is 612. The van der Waals surface area contributed by atoms with Gasteiger partial charge in [0.1, 0.15) is 12.1 Å². The Balaban J connectivity index is 2.43. The van der Waals surface area contributed by atoms with Gasteiger partial charge in [0, 0.05) is 0 Å². The third-order valence-corrected chi connectivity index (χ3v) is 3.57. The largest absolute Gasteiger partial charge is 0.481 e. The summed E-state index contributed by atoms with van der Waals surface area (Å²) in [4.78, 5) is 10.5. The van der Waals surface area contributed by atoms with Crippen LogP contribution in [-0.4, -0.2) is 31.6 Å². The fourth-order valence-corrected chi connectivity index (χ4v) is 2.64. The average molecular weight is 322 g/mol. The Hall–Kier alpha value is -1.31. The van der Waals surface area contributed by atoms with Gasteiger partial charge in [0.2, 0.25) is 0 Å². The van der Waals surface area contributed by atoms with Gasteiger partial charge in [0.25, 0.3) is 0 Å². The van der Waals surface area contributed by atoms with Gasteiger partial charge in [0.05, 0.1) is 21.5 Å². The minimum Gasteiger partial charge on any atom is -0.481 e. The van der Waals surface area contributed by atoms with E-state index in [2.05, 4.69) is 10.2 Å². The van der Waals surface area contributed by atoms with Crippen LogP contribution in [0.2, 0.25) is 10.0 Å². The zero-order chi connectivity index (χ0) is 14.0. The third-order valence-electron chi connectivity index (χ3n) is 2.06. The number of halogens is 3. The topological polar surface area (TPSA) is 68.0 Å². The maximum Gasteiger partial charge on any atom is 0.313 e. The van der Waals surface area contributed by atoms with E-state index in [1.165, 1.54) is 10.9 Å². The number of aliphatic carboxylic acids is 1. The highest BCUT2D eigenvalue weighted by Crippen LogP contribution is 2.32. The summed E-state index contributed by atoms with van der Waals surface area (Å²) in [6.45, 7) is 0. The van der Waals surface area contributed by atoms with E-state index in [0.29, 0.717) is 10.8 Å². The molecule has 5 nitrogen and oxygen atoms in total. The second-order valence-electron chi connectivity index (χ2n) is 3.38. The highest BCUT2D eigenvalue weighted by Gasteiger charge is 2.16. The molecule has 0 saturated carbocycles. The monoisotopic (exact) mass is 321 g/mol. The van der Waals surface area contributed by atoms with Crippen LogP contribution in [0.3, 0.4) is 0 Å². The summed E-state index contributed by atoms with van der Waals surface area (Å²) in [5.74, 6) is -1.74. The van der Waals surface area contributed by atoms with Crippen molar-refractivity contribution in [3.63, 3.8) is 0 Å². The molecule has 9 heteroatoms. The lowest BCUT2D eigenvalue weighted by Crippen LogP contribution is -2.02. The van der Waals surface area contributed by atoms with Crippen molar-refractivity contribution in [3.05, 3.63) is 34.3 Å².